The fraction of sp³-hybridized carbons (Fsp3) is 0.800. The van der Waals surface area contributed by atoms with Crippen LogP contribution in [0.5, 0.6) is 0 Å². The molecule has 1 saturated heterocycles. The highest BCUT2D eigenvalue weighted by molar-refractivity contribution is 5.92. The highest BCUT2D eigenvalue weighted by Gasteiger charge is 2.82. The van der Waals surface area contributed by atoms with Crippen molar-refractivity contribution in [1.29, 1.82) is 0 Å². The first-order valence-electron chi connectivity index (χ1n) is 11.9. The number of carbonyl (C=O) groups is 3. The second-order valence-corrected chi connectivity index (χ2v) is 11.4. The van der Waals surface area contributed by atoms with Gasteiger partial charge in [0.1, 0.15) is 11.7 Å². The number of esters is 2. The van der Waals surface area contributed by atoms with E-state index in [0.29, 0.717) is 12.8 Å². The predicted molar refractivity (Wildman–Crippen MR) is 122 cm³/mol. The summed E-state index contributed by atoms with van der Waals surface area (Å²) < 4.78 is 18.1. The molecule has 8 atom stereocenters. The van der Waals surface area contributed by atoms with Gasteiger partial charge in [0.05, 0.1) is 18.1 Å². The molecule has 0 amide bonds. The highest BCUT2D eigenvalue weighted by atomic mass is 16.6. The van der Waals surface area contributed by atoms with Crippen molar-refractivity contribution in [2.24, 2.45) is 22.5 Å². The quantitative estimate of drug-likeness (QED) is 0.392. The summed E-state index contributed by atoms with van der Waals surface area (Å²) in [7, 11) is 0. The lowest BCUT2D eigenvalue weighted by atomic mass is 9.39. The van der Waals surface area contributed by atoms with Crippen LogP contribution in [0, 0.1) is 16.7 Å². The Kier molecular flexibility index (Phi) is 6.61. The molecule has 0 aromatic carbocycles. The molecular weight excluding hydrogens is 442 g/mol. The van der Waals surface area contributed by atoms with Crippen LogP contribution < -0.4 is 5.73 Å². The first-order chi connectivity index (χ1) is 15.5. The van der Waals surface area contributed by atoms with E-state index >= 15 is 0 Å². The molecule has 9 heteroatoms. The Morgan fingerprint density at radius 3 is 2.38 bits per heavy atom. The van der Waals surface area contributed by atoms with Crippen molar-refractivity contribution in [1.82, 2.24) is 0 Å². The normalized spacial score (nSPS) is 45.5. The molecule has 0 aromatic rings. The summed E-state index contributed by atoms with van der Waals surface area (Å²) >= 11 is 0. The Balaban J connectivity index is 2.36. The Morgan fingerprint density at radius 2 is 1.85 bits per heavy atom. The summed E-state index contributed by atoms with van der Waals surface area (Å²) in [6.07, 6.45) is -1.46. The molecule has 1 aliphatic heterocycles. The molecule has 0 radical (unpaired) electrons. The Hall–Kier alpha value is -1.81. The lowest BCUT2D eigenvalue weighted by Gasteiger charge is -2.71. The molecule has 3 rings (SSSR count). The van der Waals surface area contributed by atoms with Crippen molar-refractivity contribution in [3.05, 3.63) is 12.7 Å². The number of aliphatic hydroxyl groups excluding tert-OH is 1. The van der Waals surface area contributed by atoms with E-state index in [1.54, 1.807) is 13.8 Å². The molecule has 9 nitrogen and oxygen atoms in total. The molecule has 0 bridgehead atoms. The third kappa shape index (κ3) is 3.54. The standard InChI is InChI=1S/C25H39NO8/c1-8-22(5)13-16(29)25(31)23(6)15(28)9-11-21(3,4)19(23)18(33-17(30)10-12-26)20(32-14(2)27)24(25,7)34-22/h8,15,18-20,28,31H,1,9-13,26H2,2-7H3/t15-,18-,19-,20-,22-,23-,24+,25-/m0/s1. The van der Waals surface area contributed by atoms with Crippen LogP contribution in [0.4, 0.5) is 0 Å². The third-order valence-electron chi connectivity index (χ3n) is 8.61. The number of ketones is 1. The number of hydrogen-bond acceptors (Lipinski definition) is 9. The first-order valence-corrected chi connectivity index (χ1v) is 11.9. The monoisotopic (exact) mass is 481 g/mol. The molecule has 0 spiro atoms. The van der Waals surface area contributed by atoms with Gasteiger partial charge in [-0.15, -0.1) is 6.58 Å². The van der Waals surface area contributed by atoms with E-state index in [1.807, 2.05) is 13.8 Å². The van der Waals surface area contributed by atoms with Crippen LogP contribution in [-0.4, -0.2) is 69.6 Å². The molecule has 4 N–H and O–H groups in total. The van der Waals surface area contributed by atoms with Gasteiger partial charge in [0.15, 0.2) is 17.5 Å². The second-order valence-electron chi connectivity index (χ2n) is 11.4. The first kappa shape index (κ1) is 26.8. The molecule has 0 aromatic heterocycles. The zero-order valence-corrected chi connectivity index (χ0v) is 21.1. The maximum absolute atomic E-state index is 13.9. The van der Waals surface area contributed by atoms with Gasteiger partial charge in [-0.2, -0.15) is 0 Å². The third-order valence-corrected chi connectivity index (χ3v) is 8.61. The van der Waals surface area contributed by atoms with E-state index in [-0.39, 0.29) is 19.4 Å². The van der Waals surface area contributed by atoms with Gasteiger partial charge in [0, 0.05) is 31.2 Å². The number of aliphatic hydroxyl groups is 2. The summed E-state index contributed by atoms with van der Waals surface area (Å²) in [6.45, 7) is 13.7. The average molecular weight is 482 g/mol. The lowest BCUT2D eigenvalue weighted by molar-refractivity contribution is -0.371. The SMILES string of the molecule is C=C[C@@]1(C)CC(=O)[C@]2(O)[C@@]3(C)[C@@H](O)CCC(C)(C)[C@@H]3[C@H](OC(=O)CCN)[C@H](OC(C)=O)[C@@]2(C)O1. The molecule has 3 aliphatic rings. The van der Waals surface area contributed by atoms with Gasteiger partial charge in [0.2, 0.25) is 0 Å². The van der Waals surface area contributed by atoms with Gasteiger partial charge in [-0.1, -0.05) is 26.8 Å². The van der Waals surface area contributed by atoms with Gasteiger partial charge in [-0.25, -0.2) is 0 Å². The summed E-state index contributed by atoms with van der Waals surface area (Å²) in [5.74, 6) is -2.58. The van der Waals surface area contributed by atoms with Gasteiger partial charge in [-0.05, 0) is 32.1 Å². The van der Waals surface area contributed by atoms with E-state index in [4.69, 9.17) is 19.9 Å². The van der Waals surface area contributed by atoms with Crippen LogP contribution in [0.3, 0.4) is 0 Å². The largest absolute Gasteiger partial charge is 0.458 e. The summed E-state index contributed by atoms with van der Waals surface area (Å²) in [4.78, 5) is 38.9. The van der Waals surface area contributed by atoms with Gasteiger partial charge in [-0.3, -0.25) is 14.4 Å². The van der Waals surface area contributed by atoms with Gasteiger partial charge < -0.3 is 30.2 Å². The van der Waals surface area contributed by atoms with E-state index in [9.17, 15) is 24.6 Å². The van der Waals surface area contributed by atoms with E-state index in [2.05, 4.69) is 6.58 Å². The van der Waals surface area contributed by atoms with Gasteiger partial charge >= 0.3 is 11.9 Å². The Labute approximate surface area is 201 Å². The second kappa shape index (κ2) is 8.40. The smallest absolute Gasteiger partial charge is 0.307 e. The minimum atomic E-state index is -2.25. The molecule has 192 valence electrons. The average Bonchev–Trinajstić information content (AvgIpc) is 2.71. The molecular formula is C25H39NO8. The molecule has 3 fully saturated rings. The number of nitrogens with two attached hydrogens (primary N) is 1. The van der Waals surface area contributed by atoms with Crippen LogP contribution >= 0.6 is 0 Å². The van der Waals surface area contributed by atoms with Crippen molar-refractivity contribution in [2.75, 3.05) is 6.54 Å². The number of fused-ring (bicyclic) bond motifs is 3. The minimum absolute atomic E-state index is 0.0580. The maximum atomic E-state index is 13.9. The van der Waals surface area contributed by atoms with Crippen molar-refractivity contribution in [3.63, 3.8) is 0 Å². The Morgan fingerprint density at radius 1 is 1.24 bits per heavy atom. The minimum Gasteiger partial charge on any atom is -0.458 e. The summed E-state index contributed by atoms with van der Waals surface area (Å²) in [5.41, 5.74) is -1.80. The fourth-order valence-electron chi connectivity index (χ4n) is 7.07. The summed E-state index contributed by atoms with van der Waals surface area (Å²) in [6, 6.07) is 0. The van der Waals surface area contributed by atoms with Crippen LogP contribution in [0.2, 0.25) is 0 Å². The van der Waals surface area contributed by atoms with E-state index in [1.165, 1.54) is 19.9 Å². The van der Waals surface area contributed by atoms with E-state index < -0.39 is 69.6 Å². The maximum Gasteiger partial charge on any atom is 0.307 e. The number of rotatable bonds is 5. The number of hydrogen-bond donors (Lipinski definition) is 3. The number of ether oxygens (including phenoxy) is 3. The van der Waals surface area contributed by atoms with Gasteiger partial charge in [0.25, 0.3) is 0 Å². The number of Topliss-reactive ketones (excluding diaryl/α,β-unsaturated/α-hetero) is 1. The summed E-state index contributed by atoms with van der Waals surface area (Å²) in [5, 5.41) is 23.8. The van der Waals surface area contributed by atoms with Crippen LogP contribution in [0.25, 0.3) is 0 Å². The predicted octanol–water partition coefficient (Wildman–Crippen LogP) is 1.42. The lowest BCUT2D eigenvalue weighted by Crippen LogP contribution is -2.87. The van der Waals surface area contributed by atoms with Crippen LogP contribution in [0.15, 0.2) is 12.7 Å². The van der Waals surface area contributed by atoms with Crippen molar-refractivity contribution < 1.29 is 38.8 Å². The molecule has 34 heavy (non-hydrogen) atoms. The van der Waals surface area contributed by atoms with E-state index in [0.717, 1.165) is 0 Å². The van der Waals surface area contributed by atoms with Crippen LogP contribution in [0.1, 0.15) is 67.2 Å². The highest BCUT2D eigenvalue weighted by Crippen LogP contribution is 2.67. The van der Waals surface area contributed by atoms with Crippen LogP contribution in [-0.2, 0) is 28.6 Å². The zero-order chi connectivity index (χ0) is 25.9. The Bertz CT molecular complexity index is 888. The zero-order valence-electron chi connectivity index (χ0n) is 21.1. The van der Waals surface area contributed by atoms with Crippen molar-refractivity contribution in [2.45, 2.75) is 102 Å². The number of carbonyl (C=O) groups excluding carboxylic acids is 3. The molecule has 0 unspecified atom stereocenters. The molecule has 1 heterocycles. The fourth-order valence-corrected chi connectivity index (χ4v) is 7.07. The molecule has 2 saturated carbocycles. The van der Waals surface area contributed by atoms with Crippen molar-refractivity contribution >= 4 is 17.7 Å². The topological polar surface area (TPSA) is 145 Å². The van der Waals surface area contributed by atoms with Crippen molar-refractivity contribution in [3.8, 4) is 0 Å². The molecule has 2 aliphatic carbocycles.